The van der Waals surface area contributed by atoms with Gasteiger partial charge in [-0.15, -0.1) is 0 Å². The van der Waals surface area contributed by atoms with Crippen LogP contribution in [0.2, 0.25) is 0 Å². The van der Waals surface area contributed by atoms with E-state index in [-0.39, 0.29) is 45.3 Å². The molecule has 0 aliphatic carbocycles. The zero-order valence-corrected chi connectivity index (χ0v) is 23.1. The van der Waals surface area contributed by atoms with Crippen LogP contribution in [0.1, 0.15) is 50.7 Å². The number of methoxy groups -OCH3 is 1. The highest BCUT2D eigenvalue weighted by Crippen LogP contribution is 2.36. The highest BCUT2D eigenvalue weighted by atomic mass is 32.2. The van der Waals surface area contributed by atoms with Crippen LogP contribution >= 0.6 is 0 Å². The van der Waals surface area contributed by atoms with Crippen LogP contribution in [0.3, 0.4) is 0 Å². The second-order valence-corrected chi connectivity index (χ2v) is 11.6. The predicted octanol–water partition coefficient (Wildman–Crippen LogP) is 4.35. The number of carbonyl (C=O) groups is 2. The van der Waals surface area contributed by atoms with Gasteiger partial charge in [-0.3, -0.25) is 4.79 Å². The van der Waals surface area contributed by atoms with Crippen LogP contribution in [0.4, 0.5) is 5.69 Å². The summed E-state index contributed by atoms with van der Waals surface area (Å²) in [7, 11) is -2.63. The van der Waals surface area contributed by atoms with Gasteiger partial charge in [-0.1, -0.05) is 13.8 Å². The summed E-state index contributed by atoms with van der Waals surface area (Å²) < 4.78 is 42.0. The molecule has 3 rings (SSSR count). The molecule has 0 radical (unpaired) electrons. The minimum Gasteiger partial charge on any atom is -0.497 e. The fourth-order valence-corrected chi connectivity index (χ4v) is 5.00. The monoisotopic (exact) mass is 544 g/mol. The summed E-state index contributed by atoms with van der Waals surface area (Å²) in [5.41, 5.74) is -0.150. The normalized spacial score (nSPS) is 11.9. The molecule has 1 heterocycles. The van der Waals surface area contributed by atoms with E-state index in [4.69, 9.17) is 9.47 Å². The van der Waals surface area contributed by atoms with Crippen molar-refractivity contribution in [2.75, 3.05) is 12.4 Å². The number of sulfonamides is 1. The minimum absolute atomic E-state index is 0.0127. The molecule has 2 aromatic carbocycles. The van der Waals surface area contributed by atoms with E-state index in [0.29, 0.717) is 11.4 Å². The maximum absolute atomic E-state index is 13.4. The zero-order valence-electron chi connectivity index (χ0n) is 22.3. The Morgan fingerprint density at radius 3 is 2.24 bits per heavy atom. The van der Waals surface area contributed by atoms with Gasteiger partial charge in [-0.2, -0.15) is 9.78 Å². The molecule has 1 amide bonds. The topological polar surface area (TPSA) is 149 Å². The number of amides is 1. The van der Waals surface area contributed by atoms with Crippen molar-refractivity contribution in [3.05, 3.63) is 53.7 Å². The van der Waals surface area contributed by atoms with Gasteiger partial charge in [-0.25, -0.2) is 17.9 Å². The number of nitrogens with one attached hydrogen (secondary N) is 2. The van der Waals surface area contributed by atoms with E-state index in [1.807, 2.05) is 0 Å². The van der Waals surface area contributed by atoms with Crippen molar-refractivity contribution < 1.29 is 32.6 Å². The number of ether oxygens (including phenoxy) is 2. The number of carboxylic acids is 1. The average Bonchev–Trinajstić information content (AvgIpc) is 3.14. The summed E-state index contributed by atoms with van der Waals surface area (Å²) in [6, 6.07) is 10.9. The second kappa shape index (κ2) is 10.8. The van der Waals surface area contributed by atoms with Gasteiger partial charge in [0.05, 0.1) is 12.8 Å². The van der Waals surface area contributed by atoms with E-state index in [9.17, 15) is 23.1 Å². The molecule has 0 saturated heterocycles. The van der Waals surface area contributed by atoms with Crippen molar-refractivity contribution >= 4 is 27.6 Å². The fourth-order valence-electron chi connectivity index (χ4n) is 3.43. The number of carboxylic acid groups (broad SMARTS) is 1. The Kier molecular flexibility index (Phi) is 8.18. The zero-order chi connectivity index (χ0) is 28.4. The summed E-state index contributed by atoms with van der Waals surface area (Å²) >= 11 is 0. The quantitative estimate of drug-likeness (QED) is 0.360. The van der Waals surface area contributed by atoms with Crippen LogP contribution in [0.5, 0.6) is 17.4 Å². The third kappa shape index (κ3) is 6.50. The molecule has 0 unspecified atom stereocenters. The Morgan fingerprint density at radius 1 is 1.08 bits per heavy atom. The smallest absolute Gasteiger partial charge is 0.356 e. The Balaban J connectivity index is 2.18. The number of nitrogens with zero attached hydrogens (tertiary/aromatic N) is 2. The van der Waals surface area contributed by atoms with Crippen LogP contribution in [0, 0.1) is 12.8 Å². The number of hydrogen-bond acceptors (Lipinski definition) is 7. The van der Waals surface area contributed by atoms with Gasteiger partial charge in [0, 0.05) is 22.7 Å². The molecule has 204 valence electrons. The lowest BCUT2D eigenvalue weighted by Crippen LogP contribution is -2.40. The van der Waals surface area contributed by atoms with E-state index in [0.717, 1.165) is 0 Å². The molecule has 0 bridgehead atoms. The predicted molar refractivity (Wildman–Crippen MR) is 142 cm³/mol. The molecule has 0 aliphatic rings. The van der Waals surface area contributed by atoms with Crippen molar-refractivity contribution in [3.63, 3.8) is 0 Å². The van der Waals surface area contributed by atoms with Gasteiger partial charge in [0.25, 0.3) is 0 Å². The Bertz CT molecular complexity index is 1450. The molecule has 12 heteroatoms. The molecule has 0 aliphatic heterocycles. The standard InChI is InChI=1S/C26H32N4O7S/c1-15(2)23(31)27-17-8-13-20(21(14-17)38(34,35)29-26(4,5)6)37-24-16(3)22(25(32)33)28-30(24)18-9-11-19(36-7)12-10-18/h8-15,29H,1-7H3,(H,27,31)(H,32,33). The third-order valence-electron chi connectivity index (χ3n) is 5.26. The van der Waals surface area contributed by atoms with Crippen molar-refractivity contribution in [1.29, 1.82) is 0 Å². The molecular formula is C26H32N4O7S. The van der Waals surface area contributed by atoms with Gasteiger partial charge in [0.2, 0.25) is 21.8 Å². The largest absolute Gasteiger partial charge is 0.497 e. The highest BCUT2D eigenvalue weighted by molar-refractivity contribution is 7.89. The number of carbonyl (C=O) groups excluding carboxylic acids is 1. The lowest BCUT2D eigenvalue weighted by molar-refractivity contribution is -0.118. The summed E-state index contributed by atoms with van der Waals surface area (Å²) in [6.07, 6.45) is 0. The molecule has 0 atom stereocenters. The number of anilines is 1. The summed E-state index contributed by atoms with van der Waals surface area (Å²) in [5, 5.41) is 16.6. The molecule has 3 aromatic rings. The lowest BCUT2D eigenvalue weighted by Gasteiger charge is -2.22. The van der Waals surface area contributed by atoms with E-state index in [2.05, 4.69) is 15.1 Å². The fraction of sp³-hybridized carbons (Fsp3) is 0.346. The molecule has 11 nitrogen and oxygen atoms in total. The number of benzene rings is 2. The van der Waals surface area contributed by atoms with Gasteiger partial charge in [0.1, 0.15) is 16.4 Å². The Labute approximate surface area is 221 Å². The Morgan fingerprint density at radius 2 is 1.71 bits per heavy atom. The summed E-state index contributed by atoms with van der Waals surface area (Å²) in [4.78, 5) is 23.9. The molecule has 38 heavy (non-hydrogen) atoms. The van der Waals surface area contributed by atoms with Gasteiger partial charge in [-0.05, 0) is 70.2 Å². The first kappa shape index (κ1) is 28.7. The molecule has 0 saturated carbocycles. The molecule has 3 N–H and O–H groups in total. The van der Waals surface area contributed by atoms with E-state index in [1.165, 1.54) is 36.9 Å². The average molecular weight is 545 g/mol. The minimum atomic E-state index is -4.14. The number of aromatic nitrogens is 2. The molecule has 0 fully saturated rings. The van der Waals surface area contributed by atoms with Crippen molar-refractivity contribution in [2.24, 2.45) is 5.92 Å². The number of hydrogen-bond donors (Lipinski definition) is 3. The van der Waals surface area contributed by atoms with Crippen molar-refractivity contribution in [3.8, 4) is 23.1 Å². The van der Waals surface area contributed by atoms with Gasteiger partial charge >= 0.3 is 5.97 Å². The van der Waals surface area contributed by atoms with Gasteiger partial charge < -0.3 is 19.9 Å². The summed E-state index contributed by atoms with van der Waals surface area (Å²) in [5.74, 6) is -1.37. The van der Waals surface area contributed by atoms with Crippen LogP contribution in [-0.2, 0) is 14.8 Å². The third-order valence-corrected chi connectivity index (χ3v) is 7.04. The van der Waals surface area contributed by atoms with Crippen LogP contribution < -0.4 is 19.5 Å². The maximum atomic E-state index is 13.4. The van der Waals surface area contributed by atoms with Crippen molar-refractivity contribution in [2.45, 2.75) is 52.0 Å². The van der Waals surface area contributed by atoms with Crippen LogP contribution in [0.15, 0.2) is 47.4 Å². The number of rotatable bonds is 9. The first-order valence-electron chi connectivity index (χ1n) is 11.8. The second-order valence-electron chi connectivity index (χ2n) is 9.96. The molecular weight excluding hydrogens is 512 g/mol. The van der Waals surface area contributed by atoms with Gasteiger partial charge in [0.15, 0.2) is 5.69 Å². The maximum Gasteiger partial charge on any atom is 0.356 e. The van der Waals surface area contributed by atoms with E-state index >= 15 is 0 Å². The highest BCUT2D eigenvalue weighted by Gasteiger charge is 2.29. The first-order chi connectivity index (χ1) is 17.6. The lowest BCUT2D eigenvalue weighted by atomic mass is 10.1. The van der Waals surface area contributed by atoms with Crippen LogP contribution in [-0.4, -0.2) is 47.8 Å². The SMILES string of the molecule is COc1ccc(-n2nc(C(=O)O)c(C)c2Oc2ccc(NC(=O)C(C)C)cc2S(=O)(=O)NC(C)(C)C)cc1. The molecule has 1 aromatic heterocycles. The summed E-state index contributed by atoms with van der Waals surface area (Å²) in [6.45, 7) is 10.0. The first-order valence-corrected chi connectivity index (χ1v) is 13.3. The van der Waals surface area contributed by atoms with Crippen molar-refractivity contribution in [1.82, 2.24) is 14.5 Å². The van der Waals surface area contributed by atoms with E-state index < -0.39 is 21.5 Å². The number of aromatic carboxylic acids is 1. The van der Waals surface area contributed by atoms with E-state index in [1.54, 1.807) is 58.9 Å². The molecule has 0 spiro atoms. The Hall–Kier alpha value is -3.90. The van der Waals surface area contributed by atoms with Crippen LogP contribution in [0.25, 0.3) is 5.69 Å².